The van der Waals surface area contributed by atoms with Crippen LogP contribution in [0.3, 0.4) is 0 Å². The standard InChI is InChI=1S/C10H20N2O3/c1-4-11-9(13)5-6-12-8(3)7(2)10(14)15/h7-8,12H,4-6H2,1-3H3,(H,11,13)(H,14,15). The highest BCUT2D eigenvalue weighted by atomic mass is 16.4. The molecule has 0 saturated heterocycles. The van der Waals surface area contributed by atoms with Gasteiger partial charge in [0, 0.05) is 25.6 Å². The Morgan fingerprint density at radius 2 is 1.93 bits per heavy atom. The van der Waals surface area contributed by atoms with Gasteiger partial charge in [0.15, 0.2) is 0 Å². The maximum absolute atomic E-state index is 11.1. The molecular weight excluding hydrogens is 196 g/mol. The normalized spacial score (nSPS) is 14.3. The van der Waals surface area contributed by atoms with Crippen LogP contribution in [0.25, 0.3) is 0 Å². The van der Waals surface area contributed by atoms with Gasteiger partial charge in [-0.05, 0) is 13.8 Å². The van der Waals surface area contributed by atoms with Crippen molar-refractivity contribution in [2.24, 2.45) is 5.92 Å². The minimum Gasteiger partial charge on any atom is -0.481 e. The second kappa shape index (κ2) is 7.23. The molecule has 3 N–H and O–H groups in total. The maximum Gasteiger partial charge on any atom is 0.307 e. The molecule has 0 aliphatic rings. The molecule has 0 aromatic carbocycles. The molecule has 0 saturated carbocycles. The predicted molar refractivity (Wildman–Crippen MR) is 57.6 cm³/mol. The summed E-state index contributed by atoms with van der Waals surface area (Å²) in [6.07, 6.45) is 0.379. The lowest BCUT2D eigenvalue weighted by molar-refractivity contribution is -0.141. The highest BCUT2D eigenvalue weighted by molar-refractivity contribution is 5.76. The molecule has 0 aromatic rings. The second-order valence-corrected chi connectivity index (χ2v) is 3.57. The molecule has 0 fully saturated rings. The van der Waals surface area contributed by atoms with Crippen LogP contribution < -0.4 is 10.6 Å². The zero-order chi connectivity index (χ0) is 11.8. The topological polar surface area (TPSA) is 78.4 Å². The molecule has 0 aliphatic heterocycles. The number of amides is 1. The summed E-state index contributed by atoms with van der Waals surface area (Å²) < 4.78 is 0. The smallest absolute Gasteiger partial charge is 0.307 e. The Morgan fingerprint density at radius 3 is 2.40 bits per heavy atom. The molecule has 2 unspecified atom stereocenters. The van der Waals surface area contributed by atoms with E-state index in [4.69, 9.17) is 5.11 Å². The van der Waals surface area contributed by atoms with Gasteiger partial charge >= 0.3 is 5.97 Å². The van der Waals surface area contributed by atoms with Gasteiger partial charge in [0.05, 0.1) is 5.92 Å². The lowest BCUT2D eigenvalue weighted by atomic mass is 10.0. The van der Waals surface area contributed by atoms with Gasteiger partial charge < -0.3 is 15.7 Å². The van der Waals surface area contributed by atoms with E-state index >= 15 is 0 Å². The van der Waals surface area contributed by atoms with Gasteiger partial charge in [-0.25, -0.2) is 0 Å². The number of rotatable bonds is 7. The van der Waals surface area contributed by atoms with Crippen LogP contribution in [-0.2, 0) is 9.59 Å². The van der Waals surface area contributed by atoms with Crippen LogP contribution in [0.5, 0.6) is 0 Å². The molecular formula is C10H20N2O3. The monoisotopic (exact) mass is 216 g/mol. The van der Waals surface area contributed by atoms with Crippen molar-refractivity contribution < 1.29 is 14.7 Å². The Labute approximate surface area is 90.2 Å². The van der Waals surface area contributed by atoms with Crippen molar-refractivity contribution in [3.8, 4) is 0 Å². The van der Waals surface area contributed by atoms with Gasteiger partial charge in [-0.15, -0.1) is 0 Å². The van der Waals surface area contributed by atoms with Crippen molar-refractivity contribution in [3.63, 3.8) is 0 Å². The average Bonchev–Trinajstić information content (AvgIpc) is 2.16. The molecule has 0 heterocycles. The first kappa shape index (κ1) is 13.9. The number of carboxylic acid groups (broad SMARTS) is 1. The zero-order valence-corrected chi connectivity index (χ0v) is 9.54. The number of aliphatic carboxylic acids is 1. The summed E-state index contributed by atoms with van der Waals surface area (Å²) in [4.78, 5) is 21.7. The fraction of sp³-hybridized carbons (Fsp3) is 0.800. The van der Waals surface area contributed by atoms with Gasteiger partial charge in [-0.3, -0.25) is 9.59 Å². The summed E-state index contributed by atoms with van der Waals surface area (Å²) in [7, 11) is 0. The van der Waals surface area contributed by atoms with E-state index in [9.17, 15) is 9.59 Å². The highest BCUT2D eigenvalue weighted by Gasteiger charge is 2.18. The highest BCUT2D eigenvalue weighted by Crippen LogP contribution is 2.01. The van der Waals surface area contributed by atoms with Crippen LogP contribution in [-0.4, -0.2) is 36.1 Å². The molecule has 0 rings (SSSR count). The van der Waals surface area contributed by atoms with E-state index < -0.39 is 11.9 Å². The van der Waals surface area contributed by atoms with E-state index in [1.54, 1.807) is 13.8 Å². The first-order valence-corrected chi connectivity index (χ1v) is 5.22. The Balaban J connectivity index is 3.67. The molecule has 5 heteroatoms. The predicted octanol–water partition coefficient (Wildman–Crippen LogP) is 0.211. The Bertz CT molecular complexity index is 219. The summed E-state index contributed by atoms with van der Waals surface area (Å²) in [6.45, 7) is 6.44. The van der Waals surface area contributed by atoms with E-state index in [0.29, 0.717) is 19.5 Å². The molecule has 1 amide bonds. The Hall–Kier alpha value is -1.10. The molecule has 0 aromatic heterocycles. The third-order valence-corrected chi connectivity index (χ3v) is 2.33. The van der Waals surface area contributed by atoms with E-state index in [2.05, 4.69) is 10.6 Å². The molecule has 0 bridgehead atoms. The first-order chi connectivity index (χ1) is 6.99. The van der Waals surface area contributed by atoms with E-state index in [1.807, 2.05) is 6.92 Å². The summed E-state index contributed by atoms with van der Waals surface area (Å²) in [5.74, 6) is -1.28. The van der Waals surface area contributed by atoms with Crippen LogP contribution in [0, 0.1) is 5.92 Å². The zero-order valence-electron chi connectivity index (χ0n) is 9.54. The van der Waals surface area contributed by atoms with Crippen LogP contribution in [0.1, 0.15) is 27.2 Å². The Kier molecular flexibility index (Phi) is 6.70. The number of carbonyl (C=O) groups is 2. The number of carbonyl (C=O) groups excluding carboxylic acids is 1. The van der Waals surface area contributed by atoms with Gasteiger partial charge in [-0.1, -0.05) is 6.92 Å². The third kappa shape index (κ3) is 6.06. The van der Waals surface area contributed by atoms with Gasteiger partial charge in [-0.2, -0.15) is 0 Å². The molecule has 88 valence electrons. The first-order valence-electron chi connectivity index (χ1n) is 5.22. The average molecular weight is 216 g/mol. The van der Waals surface area contributed by atoms with Crippen molar-refractivity contribution in [1.29, 1.82) is 0 Å². The van der Waals surface area contributed by atoms with Crippen LogP contribution in [0.15, 0.2) is 0 Å². The van der Waals surface area contributed by atoms with E-state index in [-0.39, 0.29) is 11.9 Å². The van der Waals surface area contributed by atoms with E-state index in [0.717, 1.165) is 0 Å². The summed E-state index contributed by atoms with van der Waals surface area (Å²) in [6, 6.07) is -0.128. The van der Waals surface area contributed by atoms with E-state index in [1.165, 1.54) is 0 Å². The van der Waals surface area contributed by atoms with Crippen molar-refractivity contribution in [2.45, 2.75) is 33.2 Å². The van der Waals surface area contributed by atoms with Crippen LogP contribution in [0.2, 0.25) is 0 Å². The van der Waals surface area contributed by atoms with Gasteiger partial charge in [0.25, 0.3) is 0 Å². The quantitative estimate of drug-likeness (QED) is 0.568. The minimum absolute atomic E-state index is 0.0137. The molecule has 5 nitrogen and oxygen atoms in total. The van der Waals surface area contributed by atoms with Gasteiger partial charge in [0.2, 0.25) is 5.91 Å². The molecule has 0 radical (unpaired) electrons. The maximum atomic E-state index is 11.1. The SMILES string of the molecule is CCNC(=O)CCNC(C)C(C)C(=O)O. The van der Waals surface area contributed by atoms with Crippen molar-refractivity contribution in [2.75, 3.05) is 13.1 Å². The molecule has 15 heavy (non-hydrogen) atoms. The largest absolute Gasteiger partial charge is 0.481 e. The minimum atomic E-state index is -0.826. The Morgan fingerprint density at radius 1 is 1.33 bits per heavy atom. The fourth-order valence-corrected chi connectivity index (χ4v) is 1.09. The van der Waals surface area contributed by atoms with Crippen molar-refractivity contribution in [3.05, 3.63) is 0 Å². The van der Waals surface area contributed by atoms with Crippen molar-refractivity contribution in [1.82, 2.24) is 10.6 Å². The van der Waals surface area contributed by atoms with Crippen LogP contribution in [0.4, 0.5) is 0 Å². The molecule has 0 spiro atoms. The number of carboxylic acids is 1. The second-order valence-electron chi connectivity index (χ2n) is 3.57. The van der Waals surface area contributed by atoms with Gasteiger partial charge in [0.1, 0.15) is 0 Å². The van der Waals surface area contributed by atoms with Crippen molar-refractivity contribution >= 4 is 11.9 Å². The lowest BCUT2D eigenvalue weighted by Gasteiger charge is -2.17. The molecule has 2 atom stereocenters. The fourth-order valence-electron chi connectivity index (χ4n) is 1.09. The third-order valence-electron chi connectivity index (χ3n) is 2.33. The summed E-state index contributed by atoms with van der Waals surface area (Å²) in [5.41, 5.74) is 0. The molecule has 0 aliphatic carbocycles. The number of hydrogen-bond acceptors (Lipinski definition) is 3. The number of nitrogens with one attached hydrogen (secondary N) is 2. The summed E-state index contributed by atoms with van der Waals surface area (Å²) >= 11 is 0. The summed E-state index contributed by atoms with van der Waals surface area (Å²) in [5, 5.41) is 14.4. The van der Waals surface area contributed by atoms with Crippen LogP contribution >= 0.6 is 0 Å². The lowest BCUT2D eigenvalue weighted by Crippen LogP contribution is -2.38. The number of hydrogen-bond donors (Lipinski definition) is 3.